The number of nitrogens with one attached hydrogen (secondary N) is 1. The summed E-state index contributed by atoms with van der Waals surface area (Å²) in [5.41, 5.74) is 2.31. The molecular weight excluding hydrogens is 396 g/mol. The van der Waals surface area contributed by atoms with E-state index < -0.39 is 0 Å². The van der Waals surface area contributed by atoms with Crippen LogP contribution < -0.4 is 10.2 Å². The first-order valence-electron chi connectivity index (χ1n) is 8.96. The predicted octanol–water partition coefficient (Wildman–Crippen LogP) is 3.63. The Hall–Kier alpha value is -2.48. The maximum atomic E-state index is 12.4. The van der Waals surface area contributed by atoms with Crippen molar-refractivity contribution in [3.63, 3.8) is 0 Å². The van der Waals surface area contributed by atoms with E-state index in [0.717, 1.165) is 35.0 Å². The lowest BCUT2D eigenvalue weighted by molar-refractivity contribution is 0.0946. The zero-order valence-corrected chi connectivity index (χ0v) is 16.7. The van der Waals surface area contributed by atoms with E-state index in [9.17, 15) is 4.79 Å². The Bertz CT molecular complexity index is 972. The van der Waals surface area contributed by atoms with Gasteiger partial charge in [-0.05, 0) is 29.8 Å². The summed E-state index contributed by atoms with van der Waals surface area (Å²) in [5, 5.41) is 6.10. The topological polar surface area (TPSA) is 67.4 Å². The van der Waals surface area contributed by atoms with Gasteiger partial charge in [-0.15, -0.1) is 11.3 Å². The van der Waals surface area contributed by atoms with E-state index in [0.29, 0.717) is 30.5 Å². The summed E-state index contributed by atoms with van der Waals surface area (Å²) in [5.74, 6) is 0.702. The monoisotopic (exact) mass is 414 g/mol. The fourth-order valence-corrected chi connectivity index (χ4v) is 3.96. The van der Waals surface area contributed by atoms with Crippen LogP contribution in [0.15, 0.2) is 48.0 Å². The SMILES string of the molecule is O=C(NCc1cccc(Cl)c1)c1csc(-c2ccnc(N3CCOCC3)c2)n1. The van der Waals surface area contributed by atoms with Crippen molar-refractivity contribution in [1.29, 1.82) is 0 Å². The molecule has 0 spiro atoms. The van der Waals surface area contributed by atoms with Crippen LogP contribution in [-0.2, 0) is 11.3 Å². The first-order chi connectivity index (χ1) is 13.7. The molecule has 1 aliphatic heterocycles. The fraction of sp³-hybridized carbons (Fsp3) is 0.250. The Morgan fingerprint density at radius 3 is 2.93 bits per heavy atom. The maximum Gasteiger partial charge on any atom is 0.271 e. The summed E-state index contributed by atoms with van der Waals surface area (Å²) in [6.07, 6.45) is 1.78. The summed E-state index contributed by atoms with van der Waals surface area (Å²) >= 11 is 7.42. The van der Waals surface area contributed by atoms with Gasteiger partial charge in [-0.1, -0.05) is 23.7 Å². The molecule has 1 saturated heterocycles. The number of hydrogen-bond acceptors (Lipinski definition) is 6. The van der Waals surface area contributed by atoms with E-state index in [-0.39, 0.29) is 5.91 Å². The number of carbonyl (C=O) groups is 1. The van der Waals surface area contributed by atoms with Crippen LogP contribution in [0.2, 0.25) is 5.02 Å². The molecule has 2 aromatic heterocycles. The van der Waals surface area contributed by atoms with Gasteiger partial charge in [0.15, 0.2) is 0 Å². The van der Waals surface area contributed by atoms with Crippen LogP contribution in [0, 0.1) is 0 Å². The van der Waals surface area contributed by atoms with Gasteiger partial charge in [0.05, 0.1) is 13.2 Å². The number of benzene rings is 1. The minimum Gasteiger partial charge on any atom is -0.378 e. The minimum atomic E-state index is -0.204. The molecule has 1 fully saturated rings. The van der Waals surface area contributed by atoms with E-state index in [2.05, 4.69) is 20.2 Å². The molecule has 4 rings (SSSR count). The second-order valence-electron chi connectivity index (χ2n) is 6.35. The number of nitrogens with zero attached hydrogens (tertiary/aromatic N) is 3. The summed E-state index contributed by atoms with van der Waals surface area (Å²) in [7, 11) is 0. The number of hydrogen-bond donors (Lipinski definition) is 1. The smallest absolute Gasteiger partial charge is 0.271 e. The van der Waals surface area contributed by atoms with E-state index in [1.165, 1.54) is 11.3 Å². The van der Waals surface area contributed by atoms with Crippen LogP contribution in [0.3, 0.4) is 0 Å². The van der Waals surface area contributed by atoms with Crippen molar-refractivity contribution in [3.8, 4) is 10.6 Å². The number of anilines is 1. The normalized spacial score (nSPS) is 14.1. The number of thiazole rings is 1. The van der Waals surface area contributed by atoms with Gasteiger partial charge in [-0.2, -0.15) is 0 Å². The first-order valence-corrected chi connectivity index (χ1v) is 10.2. The van der Waals surface area contributed by atoms with Crippen molar-refractivity contribution in [1.82, 2.24) is 15.3 Å². The van der Waals surface area contributed by atoms with Crippen LogP contribution in [0.25, 0.3) is 10.6 Å². The number of carbonyl (C=O) groups excluding carboxylic acids is 1. The number of aromatic nitrogens is 2. The lowest BCUT2D eigenvalue weighted by atomic mass is 10.2. The number of halogens is 1. The van der Waals surface area contributed by atoms with Gasteiger partial charge in [0.1, 0.15) is 16.5 Å². The average Bonchev–Trinajstić information content (AvgIpc) is 3.23. The van der Waals surface area contributed by atoms with Gasteiger partial charge in [0.2, 0.25) is 0 Å². The molecule has 0 unspecified atom stereocenters. The largest absolute Gasteiger partial charge is 0.378 e. The lowest BCUT2D eigenvalue weighted by Gasteiger charge is -2.27. The molecule has 1 aromatic carbocycles. The Kier molecular flexibility index (Phi) is 5.85. The number of amides is 1. The van der Waals surface area contributed by atoms with E-state index in [1.807, 2.05) is 30.3 Å². The summed E-state index contributed by atoms with van der Waals surface area (Å²) in [4.78, 5) is 23.6. The minimum absolute atomic E-state index is 0.204. The van der Waals surface area contributed by atoms with Crippen molar-refractivity contribution in [2.75, 3.05) is 31.2 Å². The van der Waals surface area contributed by atoms with Crippen LogP contribution >= 0.6 is 22.9 Å². The molecule has 8 heteroatoms. The molecule has 0 radical (unpaired) electrons. The molecule has 0 bridgehead atoms. The molecule has 1 amide bonds. The molecule has 28 heavy (non-hydrogen) atoms. The van der Waals surface area contributed by atoms with E-state index >= 15 is 0 Å². The Morgan fingerprint density at radius 1 is 1.25 bits per heavy atom. The van der Waals surface area contributed by atoms with E-state index in [1.54, 1.807) is 17.6 Å². The molecule has 0 aliphatic carbocycles. The predicted molar refractivity (Wildman–Crippen MR) is 111 cm³/mol. The van der Waals surface area contributed by atoms with Crippen LogP contribution in [0.4, 0.5) is 5.82 Å². The Labute approximate surface area is 172 Å². The first kappa shape index (κ1) is 18.9. The summed E-state index contributed by atoms with van der Waals surface area (Å²) < 4.78 is 5.40. The van der Waals surface area contributed by atoms with Crippen molar-refractivity contribution in [2.24, 2.45) is 0 Å². The highest BCUT2D eigenvalue weighted by molar-refractivity contribution is 7.13. The molecule has 144 valence electrons. The number of morpholine rings is 1. The van der Waals surface area contributed by atoms with E-state index in [4.69, 9.17) is 16.3 Å². The summed E-state index contributed by atoms with van der Waals surface area (Å²) in [6.45, 7) is 3.47. The zero-order chi connectivity index (χ0) is 19.3. The Morgan fingerprint density at radius 2 is 2.11 bits per heavy atom. The van der Waals surface area contributed by atoms with Gasteiger partial charge in [-0.3, -0.25) is 4.79 Å². The van der Waals surface area contributed by atoms with Gasteiger partial charge in [0, 0.05) is 41.8 Å². The molecule has 3 heterocycles. The zero-order valence-electron chi connectivity index (χ0n) is 15.1. The number of pyridine rings is 1. The molecular formula is C20H19ClN4O2S. The Balaban J connectivity index is 1.44. The third-order valence-electron chi connectivity index (χ3n) is 4.41. The summed E-state index contributed by atoms with van der Waals surface area (Å²) in [6, 6.07) is 11.3. The lowest BCUT2D eigenvalue weighted by Crippen LogP contribution is -2.36. The van der Waals surface area contributed by atoms with Crippen molar-refractivity contribution in [2.45, 2.75) is 6.54 Å². The fourth-order valence-electron chi connectivity index (χ4n) is 2.95. The van der Waals surface area contributed by atoms with Gasteiger partial charge in [0.25, 0.3) is 5.91 Å². The van der Waals surface area contributed by atoms with Crippen molar-refractivity contribution >= 4 is 34.7 Å². The highest BCUT2D eigenvalue weighted by atomic mass is 35.5. The third kappa shape index (κ3) is 4.49. The highest BCUT2D eigenvalue weighted by Gasteiger charge is 2.15. The standard InChI is InChI=1S/C20H19ClN4O2S/c21-16-3-1-2-14(10-16)12-23-19(26)17-13-28-20(24-17)15-4-5-22-18(11-15)25-6-8-27-9-7-25/h1-5,10-11,13H,6-9,12H2,(H,23,26). The third-order valence-corrected chi connectivity index (χ3v) is 5.53. The van der Waals surface area contributed by atoms with Crippen LogP contribution in [0.5, 0.6) is 0 Å². The molecule has 3 aromatic rings. The van der Waals surface area contributed by atoms with Crippen molar-refractivity contribution in [3.05, 3.63) is 64.3 Å². The highest BCUT2D eigenvalue weighted by Crippen LogP contribution is 2.26. The molecule has 1 aliphatic rings. The number of ether oxygens (including phenoxy) is 1. The average molecular weight is 415 g/mol. The van der Waals surface area contributed by atoms with Crippen molar-refractivity contribution < 1.29 is 9.53 Å². The van der Waals surface area contributed by atoms with Gasteiger partial charge in [-0.25, -0.2) is 9.97 Å². The quantitative estimate of drug-likeness (QED) is 0.690. The maximum absolute atomic E-state index is 12.4. The molecule has 0 atom stereocenters. The van der Waals surface area contributed by atoms with Gasteiger partial charge >= 0.3 is 0 Å². The second-order valence-corrected chi connectivity index (χ2v) is 7.65. The molecule has 6 nitrogen and oxygen atoms in total. The van der Waals surface area contributed by atoms with Gasteiger partial charge < -0.3 is 15.0 Å². The van der Waals surface area contributed by atoms with Crippen LogP contribution in [-0.4, -0.2) is 42.2 Å². The molecule has 1 N–H and O–H groups in total. The second kappa shape index (κ2) is 8.68. The number of rotatable bonds is 5. The molecule has 0 saturated carbocycles. The van der Waals surface area contributed by atoms with Crippen LogP contribution in [0.1, 0.15) is 16.1 Å².